The van der Waals surface area contributed by atoms with Crippen molar-refractivity contribution in [2.45, 2.75) is 58.7 Å². The Bertz CT molecular complexity index is 1210. The second-order valence-electron chi connectivity index (χ2n) is 8.82. The molecule has 3 aromatic rings. The largest absolute Gasteiger partial charge is 0.462 e. The zero-order valence-corrected chi connectivity index (χ0v) is 21.9. The van der Waals surface area contributed by atoms with Gasteiger partial charge in [0.1, 0.15) is 0 Å². The van der Waals surface area contributed by atoms with Gasteiger partial charge in [0.25, 0.3) is 5.91 Å². The van der Waals surface area contributed by atoms with Crippen molar-refractivity contribution in [3.63, 3.8) is 0 Å². The molecule has 3 N–H and O–H groups in total. The number of fused-ring (bicyclic) bond motifs is 1. The number of H-pyrrole nitrogens is 1. The summed E-state index contributed by atoms with van der Waals surface area (Å²) in [6.45, 7) is 9.63. The van der Waals surface area contributed by atoms with Gasteiger partial charge in [0.2, 0.25) is 0 Å². The molecule has 2 atom stereocenters. The molecule has 1 aromatic carbocycles. The Hall–Kier alpha value is -2.69. The Kier molecular flexibility index (Phi) is 7.93. The lowest BCUT2D eigenvalue weighted by atomic mass is 9.98. The predicted octanol–water partition coefficient (Wildman–Crippen LogP) is 3.79. The summed E-state index contributed by atoms with van der Waals surface area (Å²) in [5.74, 6) is -0.367. The molecule has 35 heavy (non-hydrogen) atoms. The predicted molar refractivity (Wildman–Crippen MR) is 139 cm³/mol. The molecule has 9 nitrogen and oxygen atoms in total. The number of piperidine rings is 1. The van der Waals surface area contributed by atoms with Gasteiger partial charge in [0.15, 0.2) is 16.1 Å². The number of nitrogens with zero attached hydrogens (tertiary/aromatic N) is 3. The number of nitrogens with one attached hydrogen (secondary N) is 3. The van der Waals surface area contributed by atoms with Crippen molar-refractivity contribution in [2.24, 2.45) is 0 Å². The number of aromatic nitrogens is 3. The lowest BCUT2D eigenvalue weighted by Gasteiger charge is -2.40. The number of aromatic amines is 1. The highest BCUT2D eigenvalue weighted by atomic mass is 35.5. The number of carbonyl (C=O) groups is 2. The maximum Gasteiger partial charge on any atom is 0.339 e. The van der Waals surface area contributed by atoms with Crippen LogP contribution in [0.3, 0.4) is 0 Å². The maximum atomic E-state index is 12.9. The minimum atomic E-state index is -0.335. The monoisotopic (exact) mass is 518 g/mol. The Morgan fingerprint density at radius 3 is 2.77 bits per heavy atom. The summed E-state index contributed by atoms with van der Waals surface area (Å²) in [6.07, 6.45) is 1.40. The fourth-order valence-electron chi connectivity index (χ4n) is 4.30. The van der Waals surface area contributed by atoms with Crippen LogP contribution in [-0.2, 0) is 11.2 Å². The van der Waals surface area contributed by atoms with Crippen molar-refractivity contribution in [1.82, 2.24) is 25.6 Å². The lowest BCUT2D eigenvalue weighted by Crippen LogP contribution is -2.60. The van der Waals surface area contributed by atoms with E-state index in [4.69, 9.17) is 21.3 Å². The van der Waals surface area contributed by atoms with E-state index in [0.717, 1.165) is 34.0 Å². The van der Waals surface area contributed by atoms with Crippen LogP contribution in [0.1, 0.15) is 60.8 Å². The van der Waals surface area contributed by atoms with E-state index in [-0.39, 0.29) is 35.8 Å². The number of hydrogen-bond donors (Lipinski definition) is 3. The fourth-order valence-corrected chi connectivity index (χ4v) is 5.67. The Balaban J connectivity index is 1.52. The van der Waals surface area contributed by atoms with Crippen molar-refractivity contribution in [3.8, 4) is 0 Å². The number of amides is 1. The zero-order valence-electron chi connectivity index (χ0n) is 20.4. The average Bonchev–Trinajstić information content (AvgIpc) is 3.43. The molecule has 0 radical (unpaired) electrons. The number of imidazole rings is 1. The van der Waals surface area contributed by atoms with E-state index < -0.39 is 0 Å². The maximum absolute atomic E-state index is 12.9. The minimum Gasteiger partial charge on any atom is -0.462 e. The van der Waals surface area contributed by atoms with Crippen molar-refractivity contribution >= 4 is 50.2 Å². The number of ether oxygens (including phenoxy) is 1. The van der Waals surface area contributed by atoms with Crippen LogP contribution < -0.4 is 15.5 Å². The van der Waals surface area contributed by atoms with Gasteiger partial charge in [-0.25, -0.2) is 14.8 Å². The summed E-state index contributed by atoms with van der Waals surface area (Å²) >= 11 is 7.62. The van der Waals surface area contributed by atoms with E-state index in [0.29, 0.717) is 30.3 Å². The summed E-state index contributed by atoms with van der Waals surface area (Å²) in [5, 5.41) is 7.90. The molecule has 1 aliphatic heterocycles. The van der Waals surface area contributed by atoms with E-state index in [9.17, 15) is 9.59 Å². The highest BCUT2D eigenvalue weighted by molar-refractivity contribution is 7.22. The molecule has 0 unspecified atom stereocenters. The number of rotatable bonds is 8. The van der Waals surface area contributed by atoms with Gasteiger partial charge in [0.05, 0.1) is 28.1 Å². The van der Waals surface area contributed by atoms with Crippen molar-refractivity contribution < 1.29 is 14.3 Å². The first kappa shape index (κ1) is 25.4. The minimum absolute atomic E-state index is 0.000295. The van der Waals surface area contributed by atoms with Gasteiger partial charge >= 0.3 is 5.97 Å². The normalized spacial score (nSPS) is 18.3. The third kappa shape index (κ3) is 5.60. The summed E-state index contributed by atoms with van der Waals surface area (Å²) in [6, 6.07) is 5.66. The van der Waals surface area contributed by atoms with Crippen LogP contribution in [-0.4, -0.2) is 64.7 Å². The molecule has 0 bridgehead atoms. The van der Waals surface area contributed by atoms with Gasteiger partial charge < -0.3 is 25.3 Å². The van der Waals surface area contributed by atoms with E-state index >= 15 is 0 Å². The van der Waals surface area contributed by atoms with E-state index in [1.54, 1.807) is 13.0 Å². The summed E-state index contributed by atoms with van der Waals surface area (Å²) in [4.78, 5) is 39.5. The van der Waals surface area contributed by atoms with Crippen molar-refractivity contribution in [2.75, 3.05) is 24.6 Å². The molecule has 3 heterocycles. The highest BCUT2D eigenvalue weighted by Gasteiger charge is 2.33. The summed E-state index contributed by atoms with van der Waals surface area (Å²) in [7, 11) is 0. The molecule has 4 rings (SSSR count). The Morgan fingerprint density at radius 1 is 1.29 bits per heavy atom. The molecule has 0 aliphatic carbocycles. The standard InChI is InChI=1S/C24H31ClN6O3S/c1-5-15-20(25)30-21(27-15)22(32)28-16-10-11-31(12-18(16)26-13(3)4)24-29-17-9-7-8-14(19(17)35-24)23(33)34-6-2/h7-9,13,16,18,26H,5-6,10-12H2,1-4H3,(H,27,30)(H,28,32)/t16-,18-/m1/s1. The third-order valence-corrected chi connectivity index (χ3v) is 7.42. The number of esters is 1. The highest BCUT2D eigenvalue weighted by Crippen LogP contribution is 2.33. The smallest absolute Gasteiger partial charge is 0.339 e. The molecule has 11 heteroatoms. The number of aryl methyl sites for hydroxylation is 1. The molecule has 2 aromatic heterocycles. The molecular weight excluding hydrogens is 488 g/mol. The van der Waals surface area contributed by atoms with Gasteiger partial charge in [0, 0.05) is 31.2 Å². The molecule has 1 aliphatic rings. The van der Waals surface area contributed by atoms with Crippen molar-refractivity contribution in [3.05, 3.63) is 40.4 Å². The van der Waals surface area contributed by atoms with Crippen LogP contribution in [0.4, 0.5) is 5.13 Å². The molecule has 1 fully saturated rings. The van der Waals surface area contributed by atoms with Crippen LogP contribution in [0.15, 0.2) is 18.2 Å². The number of carbonyl (C=O) groups excluding carboxylic acids is 2. The zero-order chi connectivity index (χ0) is 25.1. The number of hydrogen-bond acceptors (Lipinski definition) is 8. The first-order valence-corrected chi connectivity index (χ1v) is 13.1. The average molecular weight is 519 g/mol. The Labute approximate surface area is 213 Å². The second kappa shape index (κ2) is 10.9. The fraction of sp³-hybridized carbons (Fsp3) is 0.500. The summed E-state index contributed by atoms with van der Waals surface area (Å²) in [5.41, 5.74) is 2.07. The van der Waals surface area contributed by atoms with E-state index in [1.807, 2.05) is 19.1 Å². The molecule has 0 saturated carbocycles. The van der Waals surface area contributed by atoms with E-state index in [1.165, 1.54) is 11.3 Å². The van der Waals surface area contributed by atoms with Crippen LogP contribution in [0.2, 0.25) is 5.15 Å². The lowest BCUT2D eigenvalue weighted by molar-refractivity contribution is 0.0528. The third-order valence-electron chi connectivity index (χ3n) is 5.94. The van der Waals surface area contributed by atoms with Gasteiger partial charge in [-0.3, -0.25) is 4.79 Å². The van der Waals surface area contributed by atoms with Crippen molar-refractivity contribution in [1.29, 1.82) is 0 Å². The molecule has 1 saturated heterocycles. The number of anilines is 1. The summed E-state index contributed by atoms with van der Waals surface area (Å²) < 4.78 is 6.04. The van der Waals surface area contributed by atoms with Gasteiger partial charge in [-0.2, -0.15) is 0 Å². The number of thiazole rings is 1. The van der Waals surface area contributed by atoms with Crippen LogP contribution >= 0.6 is 22.9 Å². The quantitative estimate of drug-likeness (QED) is 0.389. The SMILES string of the molecule is CCOC(=O)c1cccc2nc(N3CC[C@@H](NC(=O)c4nc(Cl)c(CC)[nH]4)[C@H](NC(C)C)C3)sc12. The first-order chi connectivity index (χ1) is 16.8. The van der Waals surface area contributed by atoms with Crippen LogP contribution in [0, 0.1) is 0 Å². The molecular formula is C24H31ClN6O3S. The van der Waals surface area contributed by atoms with Crippen LogP contribution in [0.5, 0.6) is 0 Å². The second-order valence-corrected chi connectivity index (χ2v) is 10.2. The van der Waals surface area contributed by atoms with Gasteiger partial charge in [-0.1, -0.05) is 49.8 Å². The molecule has 1 amide bonds. The van der Waals surface area contributed by atoms with Gasteiger partial charge in [-0.15, -0.1) is 0 Å². The number of benzene rings is 1. The van der Waals surface area contributed by atoms with E-state index in [2.05, 4.69) is 39.3 Å². The molecule has 0 spiro atoms. The first-order valence-electron chi connectivity index (χ1n) is 11.9. The van der Waals surface area contributed by atoms with Crippen LogP contribution in [0.25, 0.3) is 10.2 Å². The topological polar surface area (TPSA) is 112 Å². The molecule has 188 valence electrons. The Morgan fingerprint density at radius 2 is 2.09 bits per heavy atom. The number of halogens is 1. The van der Waals surface area contributed by atoms with Gasteiger partial charge in [-0.05, 0) is 31.9 Å².